The summed E-state index contributed by atoms with van der Waals surface area (Å²) >= 11 is 0. The monoisotopic (exact) mass is 170 g/mol. The van der Waals surface area contributed by atoms with Gasteiger partial charge in [0.25, 0.3) is 0 Å². The van der Waals surface area contributed by atoms with Crippen LogP contribution in [-0.4, -0.2) is 4.21 Å². The summed E-state index contributed by atoms with van der Waals surface area (Å²) in [6.07, 6.45) is 0. The van der Waals surface area contributed by atoms with Crippen LogP contribution in [0.15, 0.2) is 29.2 Å². The molecule has 0 fully saturated rings. The number of rotatable bonds is 2. The molecule has 0 unspecified atom stereocenters. The predicted molar refractivity (Wildman–Crippen MR) is 44.9 cm³/mol. The first-order valence-electron chi connectivity index (χ1n) is 3.18. The Morgan fingerprint density at radius 2 is 1.91 bits per heavy atom. The van der Waals surface area contributed by atoms with Gasteiger partial charge in [-0.1, -0.05) is 17.7 Å². The van der Waals surface area contributed by atoms with Gasteiger partial charge >= 0.3 is 0 Å². The van der Waals surface area contributed by atoms with Crippen LogP contribution in [0.1, 0.15) is 5.56 Å². The highest BCUT2D eigenvalue weighted by Crippen LogP contribution is 2.05. The van der Waals surface area contributed by atoms with Crippen LogP contribution in [0.4, 0.5) is 0 Å². The quantitative estimate of drug-likeness (QED) is 0.501. The van der Waals surface area contributed by atoms with Crippen LogP contribution in [0.2, 0.25) is 0 Å². The first-order chi connectivity index (χ1) is 5.24. The number of nitrogens with one attached hydrogen (secondary N) is 1. The van der Waals surface area contributed by atoms with Crippen LogP contribution < -0.4 is 10.7 Å². The van der Waals surface area contributed by atoms with Crippen molar-refractivity contribution in [2.75, 3.05) is 0 Å². The molecule has 0 aliphatic heterocycles. The molecule has 60 valence electrons. The summed E-state index contributed by atoms with van der Waals surface area (Å²) in [7, 11) is -1.27. The molecule has 11 heavy (non-hydrogen) atoms. The molecule has 1 atom stereocenters. The SMILES string of the molecule is Cc1ccc([S@@](=O)NN)cc1. The molecule has 1 aromatic rings. The molecule has 0 amide bonds. The molecule has 3 nitrogen and oxygen atoms in total. The van der Waals surface area contributed by atoms with Gasteiger partial charge in [-0.3, -0.25) is 5.84 Å². The van der Waals surface area contributed by atoms with Crippen molar-refractivity contribution < 1.29 is 4.21 Å². The average Bonchev–Trinajstić information content (AvgIpc) is 2.05. The Labute approximate surface area is 68.2 Å². The number of hydrogen-bond acceptors (Lipinski definition) is 2. The van der Waals surface area contributed by atoms with E-state index in [1.165, 1.54) is 0 Å². The highest BCUT2D eigenvalue weighted by Gasteiger charge is 1.98. The van der Waals surface area contributed by atoms with Crippen LogP contribution in [0, 0.1) is 6.92 Å². The van der Waals surface area contributed by atoms with Crippen molar-refractivity contribution in [3.8, 4) is 0 Å². The summed E-state index contributed by atoms with van der Waals surface area (Å²) in [4.78, 5) is 2.87. The van der Waals surface area contributed by atoms with Gasteiger partial charge in [-0.05, 0) is 19.1 Å². The lowest BCUT2D eigenvalue weighted by atomic mass is 10.2. The molecule has 0 saturated carbocycles. The standard InChI is InChI=1S/C7H10N2OS/c1-6-2-4-7(5-3-6)11(10)9-8/h2-5,9H,8H2,1H3/t11-/m1/s1. The third kappa shape index (κ3) is 2.11. The van der Waals surface area contributed by atoms with Crippen molar-refractivity contribution >= 4 is 11.0 Å². The van der Waals surface area contributed by atoms with E-state index in [1.807, 2.05) is 19.1 Å². The second-order valence-electron chi connectivity index (χ2n) is 2.20. The molecule has 0 spiro atoms. The molecule has 0 saturated heterocycles. The molecule has 1 aromatic carbocycles. The van der Waals surface area contributed by atoms with Crippen LogP contribution in [0.3, 0.4) is 0 Å². The van der Waals surface area contributed by atoms with Crippen molar-refractivity contribution in [2.45, 2.75) is 11.8 Å². The number of hydrazine groups is 1. The van der Waals surface area contributed by atoms with E-state index in [0.717, 1.165) is 5.56 Å². The Hall–Kier alpha value is -0.710. The fourth-order valence-corrected chi connectivity index (χ4v) is 1.25. The summed E-state index contributed by atoms with van der Waals surface area (Å²) in [5.74, 6) is 4.99. The number of aryl methyl sites for hydroxylation is 1. The van der Waals surface area contributed by atoms with Gasteiger partial charge in [0.1, 0.15) is 11.0 Å². The van der Waals surface area contributed by atoms with E-state index in [0.29, 0.717) is 4.90 Å². The molecule has 0 aromatic heterocycles. The van der Waals surface area contributed by atoms with Gasteiger partial charge in [-0.15, -0.1) is 0 Å². The minimum Gasteiger partial charge on any atom is -0.259 e. The highest BCUT2D eigenvalue weighted by atomic mass is 32.2. The van der Waals surface area contributed by atoms with Crippen LogP contribution in [0.5, 0.6) is 0 Å². The molecule has 0 heterocycles. The van der Waals surface area contributed by atoms with Crippen LogP contribution >= 0.6 is 0 Å². The minimum atomic E-state index is -1.27. The van der Waals surface area contributed by atoms with E-state index in [9.17, 15) is 4.21 Å². The molecule has 4 heteroatoms. The summed E-state index contributed by atoms with van der Waals surface area (Å²) < 4.78 is 11.0. The Morgan fingerprint density at radius 3 is 2.36 bits per heavy atom. The van der Waals surface area contributed by atoms with E-state index in [1.54, 1.807) is 12.1 Å². The molecule has 0 aliphatic rings. The van der Waals surface area contributed by atoms with Gasteiger partial charge in [0.2, 0.25) is 0 Å². The maximum atomic E-state index is 11.0. The minimum absolute atomic E-state index is 0.693. The molecule has 0 radical (unpaired) electrons. The normalized spacial score (nSPS) is 12.9. The fourth-order valence-electron chi connectivity index (χ4n) is 0.730. The lowest BCUT2D eigenvalue weighted by molar-refractivity contribution is 0.674. The first kappa shape index (κ1) is 8.39. The van der Waals surface area contributed by atoms with E-state index in [4.69, 9.17) is 5.84 Å². The maximum Gasteiger partial charge on any atom is 0.138 e. The Balaban J connectivity index is 2.90. The zero-order chi connectivity index (χ0) is 8.27. The number of benzene rings is 1. The topological polar surface area (TPSA) is 55.1 Å². The molecule has 0 aliphatic carbocycles. The van der Waals surface area contributed by atoms with E-state index in [-0.39, 0.29) is 0 Å². The second kappa shape index (κ2) is 3.61. The third-order valence-corrected chi connectivity index (χ3v) is 2.26. The predicted octanol–water partition coefficient (Wildman–Crippen LogP) is 0.481. The largest absolute Gasteiger partial charge is 0.259 e. The fraction of sp³-hybridized carbons (Fsp3) is 0.143. The summed E-state index contributed by atoms with van der Waals surface area (Å²) in [6, 6.07) is 7.35. The molecule has 3 N–H and O–H groups in total. The average molecular weight is 170 g/mol. The lowest BCUT2D eigenvalue weighted by Gasteiger charge is -1.98. The summed E-state index contributed by atoms with van der Waals surface area (Å²) in [6.45, 7) is 1.97. The molecular formula is C7H10N2OS. The maximum absolute atomic E-state index is 11.0. The third-order valence-electron chi connectivity index (χ3n) is 1.34. The summed E-state index contributed by atoms with van der Waals surface area (Å²) in [5, 5.41) is 0. The lowest BCUT2D eigenvalue weighted by Crippen LogP contribution is -2.24. The molecule has 1 rings (SSSR count). The molecular weight excluding hydrogens is 160 g/mol. The van der Waals surface area contributed by atoms with Crippen molar-refractivity contribution in [2.24, 2.45) is 5.84 Å². The smallest absolute Gasteiger partial charge is 0.138 e. The van der Waals surface area contributed by atoms with Crippen LogP contribution in [-0.2, 0) is 11.0 Å². The first-order valence-corrected chi connectivity index (χ1v) is 4.33. The van der Waals surface area contributed by atoms with Gasteiger partial charge in [-0.25, -0.2) is 4.21 Å². The van der Waals surface area contributed by atoms with Crippen molar-refractivity contribution in [3.05, 3.63) is 29.8 Å². The molecule has 0 bridgehead atoms. The second-order valence-corrected chi connectivity index (χ2v) is 3.44. The van der Waals surface area contributed by atoms with E-state index in [2.05, 4.69) is 4.83 Å². The van der Waals surface area contributed by atoms with Gasteiger partial charge < -0.3 is 0 Å². The highest BCUT2D eigenvalue weighted by molar-refractivity contribution is 7.83. The zero-order valence-corrected chi connectivity index (χ0v) is 7.02. The summed E-state index contributed by atoms with van der Waals surface area (Å²) in [5.41, 5.74) is 1.14. The number of hydrogen-bond donors (Lipinski definition) is 2. The number of nitrogens with two attached hydrogens (primary N) is 1. The Kier molecular flexibility index (Phi) is 2.76. The van der Waals surface area contributed by atoms with Crippen molar-refractivity contribution in [1.29, 1.82) is 0 Å². The van der Waals surface area contributed by atoms with Gasteiger partial charge in [0, 0.05) is 0 Å². The zero-order valence-electron chi connectivity index (χ0n) is 6.20. The van der Waals surface area contributed by atoms with Gasteiger partial charge in [0.05, 0.1) is 4.90 Å². The van der Waals surface area contributed by atoms with Crippen molar-refractivity contribution in [3.63, 3.8) is 0 Å². The van der Waals surface area contributed by atoms with E-state index < -0.39 is 11.0 Å². The van der Waals surface area contributed by atoms with E-state index >= 15 is 0 Å². The Bertz CT molecular complexity index is 258. The van der Waals surface area contributed by atoms with Gasteiger partial charge in [0.15, 0.2) is 0 Å². The van der Waals surface area contributed by atoms with Crippen molar-refractivity contribution in [1.82, 2.24) is 4.83 Å². The van der Waals surface area contributed by atoms with Gasteiger partial charge in [-0.2, -0.15) is 4.83 Å². The van der Waals surface area contributed by atoms with Crippen LogP contribution in [0.25, 0.3) is 0 Å². The Morgan fingerprint density at radius 1 is 1.36 bits per heavy atom.